The molecular formula is C14H19BrN2O3. The van der Waals surface area contributed by atoms with Crippen molar-refractivity contribution in [3.8, 4) is 0 Å². The summed E-state index contributed by atoms with van der Waals surface area (Å²) in [6.07, 6.45) is 0.963. The van der Waals surface area contributed by atoms with E-state index in [1.807, 2.05) is 0 Å². The predicted molar refractivity (Wildman–Crippen MR) is 82.2 cm³/mol. The van der Waals surface area contributed by atoms with Crippen LogP contribution in [0.15, 0.2) is 22.7 Å². The molecule has 0 spiro atoms. The minimum absolute atomic E-state index is 0.0434. The number of carbonyl (C=O) groups excluding carboxylic acids is 1. The molecule has 0 unspecified atom stereocenters. The lowest BCUT2D eigenvalue weighted by molar-refractivity contribution is 0.0697. The molecule has 0 atom stereocenters. The molecule has 0 aromatic heterocycles. The monoisotopic (exact) mass is 342 g/mol. The zero-order valence-electron chi connectivity index (χ0n) is 11.8. The van der Waals surface area contributed by atoms with Crippen LogP contribution in [0.3, 0.4) is 0 Å². The lowest BCUT2D eigenvalue weighted by Crippen LogP contribution is -2.36. The molecule has 1 aromatic carbocycles. The first-order valence-electron chi connectivity index (χ1n) is 6.33. The summed E-state index contributed by atoms with van der Waals surface area (Å²) in [4.78, 5) is 22.6. The largest absolute Gasteiger partial charge is 0.478 e. The van der Waals surface area contributed by atoms with Crippen LogP contribution >= 0.6 is 15.9 Å². The van der Waals surface area contributed by atoms with Gasteiger partial charge in [-0.15, -0.1) is 0 Å². The van der Waals surface area contributed by atoms with Crippen LogP contribution in [-0.2, 0) is 0 Å². The summed E-state index contributed by atoms with van der Waals surface area (Å²) in [6, 6.07) is 4.14. The number of nitrogens with one attached hydrogen (secondary N) is 2. The Bertz CT molecular complexity index is 515. The highest BCUT2D eigenvalue weighted by molar-refractivity contribution is 9.10. The van der Waals surface area contributed by atoms with Gasteiger partial charge in [0.15, 0.2) is 0 Å². The van der Waals surface area contributed by atoms with Crippen LogP contribution < -0.4 is 10.6 Å². The SMILES string of the molecule is CCC(C)(C)CNC(=O)Nc1ccc(C(=O)O)cc1Br. The minimum Gasteiger partial charge on any atom is -0.478 e. The number of carboxylic acids is 1. The Kier molecular flexibility index (Phi) is 5.56. The zero-order chi connectivity index (χ0) is 15.3. The van der Waals surface area contributed by atoms with E-state index in [0.717, 1.165) is 6.42 Å². The van der Waals surface area contributed by atoms with Gasteiger partial charge in [0.25, 0.3) is 0 Å². The van der Waals surface area contributed by atoms with E-state index in [0.29, 0.717) is 16.7 Å². The van der Waals surface area contributed by atoms with Crippen LogP contribution in [0.4, 0.5) is 10.5 Å². The average Bonchev–Trinajstić information content (AvgIpc) is 2.39. The topological polar surface area (TPSA) is 78.4 Å². The van der Waals surface area contributed by atoms with Gasteiger partial charge in [-0.3, -0.25) is 0 Å². The lowest BCUT2D eigenvalue weighted by Gasteiger charge is -2.23. The van der Waals surface area contributed by atoms with Gasteiger partial charge in [0.05, 0.1) is 11.3 Å². The van der Waals surface area contributed by atoms with Crippen molar-refractivity contribution in [1.29, 1.82) is 0 Å². The number of carboxylic acid groups (broad SMARTS) is 1. The molecular weight excluding hydrogens is 324 g/mol. The number of carbonyl (C=O) groups is 2. The quantitative estimate of drug-likeness (QED) is 0.763. The van der Waals surface area contributed by atoms with Gasteiger partial charge >= 0.3 is 12.0 Å². The fraction of sp³-hybridized carbons (Fsp3) is 0.429. The number of anilines is 1. The Labute approximate surface area is 126 Å². The fourth-order valence-corrected chi connectivity index (χ4v) is 1.84. The van der Waals surface area contributed by atoms with Gasteiger partial charge in [-0.2, -0.15) is 0 Å². The van der Waals surface area contributed by atoms with E-state index in [9.17, 15) is 9.59 Å². The number of aromatic carboxylic acids is 1. The molecule has 0 radical (unpaired) electrons. The van der Waals surface area contributed by atoms with Gasteiger partial charge in [-0.1, -0.05) is 20.8 Å². The summed E-state index contributed by atoms with van der Waals surface area (Å²) in [5.41, 5.74) is 0.735. The maximum absolute atomic E-state index is 11.8. The Morgan fingerprint density at radius 1 is 1.35 bits per heavy atom. The molecule has 1 aromatic rings. The summed E-state index contributed by atoms with van der Waals surface area (Å²) in [7, 11) is 0. The van der Waals surface area contributed by atoms with Crippen molar-refractivity contribution < 1.29 is 14.7 Å². The van der Waals surface area contributed by atoms with E-state index in [1.54, 1.807) is 6.07 Å². The van der Waals surface area contributed by atoms with E-state index in [2.05, 4.69) is 47.3 Å². The number of rotatable bonds is 5. The first-order chi connectivity index (χ1) is 9.25. The van der Waals surface area contributed by atoms with Crippen molar-refractivity contribution in [1.82, 2.24) is 5.32 Å². The van der Waals surface area contributed by atoms with E-state index < -0.39 is 5.97 Å². The first-order valence-corrected chi connectivity index (χ1v) is 7.12. The molecule has 0 aliphatic heterocycles. The van der Waals surface area contributed by atoms with Crippen molar-refractivity contribution in [2.45, 2.75) is 27.2 Å². The third-order valence-corrected chi connectivity index (χ3v) is 3.80. The van der Waals surface area contributed by atoms with Crippen LogP contribution in [0, 0.1) is 5.41 Å². The van der Waals surface area contributed by atoms with Crippen molar-refractivity contribution in [2.24, 2.45) is 5.41 Å². The zero-order valence-corrected chi connectivity index (χ0v) is 13.4. The second-order valence-corrected chi connectivity index (χ2v) is 6.18. The molecule has 0 saturated heterocycles. The van der Waals surface area contributed by atoms with Crippen LogP contribution in [0.2, 0.25) is 0 Å². The number of urea groups is 1. The highest BCUT2D eigenvalue weighted by Crippen LogP contribution is 2.24. The molecule has 2 amide bonds. The van der Waals surface area contributed by atoms with Crippen molar-refractivity contribution in [3.63, 3.8) is 0 Å². The van der Waals surface area contributed by atoms with Crippen LogP contribution in [0.1, 0.15) is 37.6 Å². The van der Waals surface area contributed by atoms with Crippen molar-refractivity contribution in [3.05, 3.63) is 28.2 Å². The van der Waals surface area contributed by atoms with Gasteiger partial charge in [0.1, 0.15) is 0 Å². The highest BCUT2D eigenvalue weighted by atomic mass is 79.9. The molecule has 1 rings (SSSR count). The molecule has 0 saturated carbocycles. The fourth-order valence-electron chi connectivity index (χ4n) is 1.36. The summed E-state index contributed by atoms with van der Waals surface area (Å²) >= 11 is 3.24. The summed E-state index contributed by atoms with van der Waals surface area (Å²) in [5.74, 6) is -1.01. The molecule has 110 valence electrons. The van der Waals surface area contributed by atoms with E-state index in [1.165, 1.54) is 12.1 Å². The van der Waals surface area contributed by atoms with Gasteiger partial charge in [-0.05, 0) is 46.0 Å². The molecule has 0 bridgehead atoms. The van der Waals surface area contributed by atoms with E-state index in [4.69, 9.17) is 5.11 Å². The van der Waals surface area contributed by atoms with Crippen molar-refractivity contribution >= 4 is 33.6 Å². The standard InChI is InChI=1S/C14H19BrN2O3/c1-4-14(2,3)8-16-13(20)17-11-6-5-9(12(18)19)7-10(11)15/h5-7H,4,8H2,1-3H3,(H,18,19)(H2,16,17,20). The van der Waals surface area contributed by atoms with Gasteiger partial charge < -0.3 is 15.7 Å². The Morgan fingerprint density at radius 3 is 2.50 bits per heavy atom. The molecule has 0 fully saturated rings. The van der Waals surface area contributed by atoms with Crippen molar-refractivity contribution in [2.75, 3.05) is 11.9 Å². The third kappa shape index (κ3) is 4.85. The molecule has 6 heteroatoms. The van der Waals surface area contributed by atoms with Gasteiger partial charge in [0, 0.05) is 11.0 Å². The maximum Gasteiger partial charge on any atom is 0.335 e. The maximum atomic E-state index is 11.8. The normalized spacial score (nSPS) is 11.0. The Morgan fingerprint density at radius 2 is 2.00 bits per heavy atom. The van der Waals surface area contributed by atoms with Crippen LogP contribution in [-0.4, -0.2) is 23.7 Å². The average molecular weight is 343 g/mol. The number of benzene rings is 1. The van der Waals surface area contributed by atoms with Crippen LogP contribution in [0.5, 0.6) is 0 Å². The molecule has 0 aliphatic rings. The lowest BCUT2D eigenvalue weighted by atomic mass is 9.90. The Hall–Kier alpha value is -1.56. The second-order valence-electron chi connectivity index (χ2n) is 5.33. The predicted octanol–water partition coefficient (Wildman–Crippen LogP) is 3.71. The van der Waals surface area contributed by atoms with E-state index in [-0.39, 0.29) is 17.0 Å². The third-order valence-electron chi connectivity index (χ3n) is 3.15. The summed E-state index contributed by atoms with van der Waals surface area (Å²) < 4.78 is 0.530. The van der Waals surface area contributed by atoms with Crippen LogP contribution in [0.25, 0.3) is 0 Å². The minimum atomic E-state index is -1.01. The number of amides is 2. The molecule has 5 nitrogen and oxygen atoms in total. The van der Waals surface area contributed by atoms with Gasteiger partial charge in [0.2, 0.25) is 0 Å². The number of hydrogen-bond acceptors (Lipinski definition) is 2. The summed E-state index contributed by atoms with van der Waals surface area (Å²) in [6.45, 7) is 6.79. The Balaban J connectivity index is 2.65. The number of halogens is 1. The second kappa shape index (κ2) is 6.74. The highest BCUT2D eigenvalue weighted by Gasteiger charge is 2.16. The number of hydrogen-bond donors (Lipinski definition) is 3. The molecule has 0 heterocycles. The summed E-state index contributed by atoms with van der Waals surface area (Å²) in [5, 5.41) is 14.3. The smallest absolute Gasteiger partial charge is 0.335 e. The molecule has 20 heavy (non-hydrogen) atoms. The molecule has 3 N–H and O–H groups in total. The molecule has 0 aliphatic carbocycles. The van der Waals surface area contributed by atoms with Gasteiger partial charge in [-0.25, -0.2) is 9.59 Å². The first kappa shape index (κ1) is 16.5. The van der Waals surface area contributed by atoms with E-state index >= 15 is 0 Å².